The van der Waals surface area contributed by atoms with Crippen molar-refractivity contribution in [2.45, 2.75) is 31.7 Å². The van der Waals surface area contributed by atoms with E-state index in [9.17, 15) is 10.1 Å². The highest BCUT2D eigenvalue weighted by atomic mass is 16.1. The molecule has 0 spiro atoms. The van der Waals surface area contributed by atoms with Crippen molar-refractivity contribution in [2.24, 2.45) is 0 Å². The fraction of sp³-hybridized carbons (Fsp3) is 0.238. The van der Waals surface area contributed by atoms with Crippen LogP contribution in [0.25, 0.3) is 0 Å². The van der Waals surface area contributed by atoms with Crippen LogP contribution in [0.5, 0.6) is 0 Å². The molecule has 2 aromatic carbocycles. The van der Waals surface area contributed by atoms with Crippen LogP contribution in [0.15, 0.2) is 66.4 Å². The Morgan fingerprint density at radius 2 is 1.58 bits per heavy atom. The second-order valence-electron chi connectivity index (χ2n) is 6.34. The predicted octanol–water partition coefficient (Wildman–Crippen LogP) is 4.31. The minimum Gasteiger partial charge on any atom is -0.360 e. The topological polar surface area (TPSA) is 77.0 Å². The van der Waals surface area contributed by atoms with Crippen molar-refractivity contribution in [3.63, 3.8) is 0 Å². The molecule has 3 N–H and O–H groups in total. The fourth-order valence-electron chi connectivity index (χ4n) is 2.98. The van der Waals surface area contributed by atoms with E-state index in [2.05, 4.69) is 16.0 Å². The number of hydrogen-bond donors (Lipinski definition) is 3. The Kier molecular flexibility index (Phi) is 5.89. The summed E-state index contributed by atoms with van der Waals surface area (Å²) in [7, 11) is 0. The molecule has 3 rings (SSSR count). The number of rotatable bonds is 6. The highest BCUT2D eigenvalue weighted by Crippen LogP contribution is 2.19. The van der Waals surface area contributed by atoms with E-state index in [-0.39, 0.29) is 17.5 Å². The van der Waals surface area contributed by atoms with Gasteiger partial charge in [-0.05, 0) is 49.2 Å². The minimum atomic E-state index is -0.311. The standard InChI is InChI=1S/C21H22N4O/c22-14-16(21(26)25-19-8-4-5-9-19)15-23-17-10-12-20(13-11-17)24-18-6-2-1-3-7-18/h1-3,6-7,10-13,15,19,23-24H,4-5,8-9H2,(H,25,26)/b16-15-. The lowest BCUT2D eigenvalue weighted by Gasteiger charge is -2.11. The summed E-state index contributed by atoms with van der Waals surface area (Å²) in [5.74, 6) is -0.311. The maximum Gasteiger partial charge on any atom is 0.263 e. The molecule has 0 radical (unpaired) electrons. The molecule has 1 fully saturated rings. The van der Waals surface area contributed by atoms with Crippen molar-refractivity contribution < 1.29 is 4.79 Å². The number of anilines is 3. The zero-order chi connectivity index (χ0) is 18.2. The number of para-hydroxylation sites is 1. The molecule has 0 heterocycles. The normalized spacial score (nSPS) is 14.5. The summed E-state index contributed by atoms with van der Waals surface area (Å²) < 4.78 is 0. The zero-order valence-electron chi connectivity index (χ0n) is 14.5. The maximum absolute atomic E-state index is 12.2. The van der Waals surface area contributed by atoms with Crippen molar-refractivity contribution in [1.82, 2.24) is 5.32 Å². The largest absolute Gasteiger partial charge is 0.360 e. The number of nitrogens with zero attached hydrogens (tertiary/aromatic N) is 1. The van der Waals surface area contributed by atoms with E-state index in [1.54, 1.807) is 0 Å². The molecule has 0 bridgehead atoms. The van der Waals surface area contributed by atoms with Crippen LogP contribution in [0.4, 0.5) is 17.1 Å². The molecule has 26 heavy (non-hydrogen) atoms. The maximum atomic E-state index is 12.2. The summed E-state index contributed by atoms with van der Waals surface area (Å²) in [6.45, 7) is 0. The molecule has 0 atom stereocenters. The van der Waals surface area contributed by atoms with Gasteiger partial charge in [0.25, 0.3) is 5.91 Å². The monoisotopic (exact) mass is 346 g/mol. The van der Waals surface area contributed by atoms with Gasteiger partial charge in [-0.25, -0.2) is 0 Å². The second-order valence-corrected chi connectivity index (χ2v) is 6.34. The summed E-state index contributed by atoms with van der Waals surface area (Å²) >= 11 is 0. The Morgan fingerprint density at radius 3 is 2.23 bits per heavy atom. The Balaban J connectivity index is 1.57. The summed E-state index contributed by atoms with van der Waals surface area (Å²) in [6.07, 6.45) is 5.72. The third-order valence-corrected chi connectivity index (χ3v) is 4.39. The van der Waals surface area contributed by atoms with Gasteiger partial charge in [0.1, 0.15) is 11.6 Å². The number of benzene rings is 2. The number of carbonyl (C=O) groups excluding carboxylic acids is 1. The quantitative estimate of drug-likeness (QED) is 0.538. The number of amides is 1. The van der Waals surface area contributed by atoms with Crippen LogP contribution in [0.1, 0.15) is 25.7 Å². The van der Waals surface area contributed by atoms with Gasteiger partial charge in [-0.15, -0.1) is 0 Å². The molecule has 1 amide bonds. The third-order valence-electron chi connectivity index (χ3n) is 4.39. The van der Waals surface area contributed by atoms with Crippen molar-refractivity contribution in [2.75, 3.05) is 10.6 Å². The van der Waals surface area contributed by atoms with Crippen LogP contribution < -0.4 is 16.0 Å². The molecule has 5 nitrogen and oxygen atoms in total. The summed E-state index contributed by atoms with van der Waals surface area (Å²) in [4.78, 5) is 12.2. The predicted molar refractivity (Wildman–Crippen MR) is 104 cm³/mol. The smallest absolute Gasteiger partial charge is 0.263 e. The van der Waals surface area contributed by atoms with Gasteiger partial charge >= 0.3 is 0 Å². The number of nitriles is 1. The van der Waals surface area contributed by atoms with Crippen molar-refractivity contribution in [3.05, 3.63) is 66.4 Å². The molecule has 0 aliphatic heterocycles. The van der Waals surface area contributed by atoms with Gasteiger partial charge in [0.05, 0.1) is 0 Å². The summed E-state index contributed by atoms with van der Waals surface area (Å²) in [5.41, 5.74) is 2.88. The van der Waals surface area contributed by atoms with Gasteiger partial charge in [0.2, 0.25) is 0 Å². The van der Waals surface area contributed by atoms with Crippen LogP contribution in [0.3, 0.4) is 0 Å². The number of hydrogen-bond acceptors (Lipinski definition) is 4. The van der Waals surface area contributed by atoms with Crippen molar-refractivity contribution in [1.29, 1.82) is 5.26 Å². The first-order chi connectivity index (χ1) is 12.7. The van der Waals surface area contributed by atoms with Gasteiger partial charge in [-0.2, -0.15) is 5.26 Å². The Hall–Kier alpha value is -3.26. The molecule has 0 saturated heterocycles. The van der Waals surface area contributed by atoms with Gasteiger partial charge in [0.15, 0.2) is 0 Å². The number of nitrogens with one attached hydrogen (secondary N) is 3. The minimum absolute atomic E-state index is 0.0865. The number of carbonyl (C=O) groups is 1. The van der Waals surface area contributed by atoms with Crippen LogP contribution in [-0.4, -0.2) is 11.9 Å². The Bertz CT molecular complexity index is 800. The molecular weight excluding hydrogens is 324 g/mol. The first kappa shape index (κ1) is 17.6. The van der Waals surface area contributed by atoms with Crippen molar-refractivity contribution >= 4 is 23.0 Å². The van der Waals surface area contributed by atoms with Crippen molar-refractivity contribution in [3.8, 4) is 6.07 Å². The molecular formula is C21H22N4O. The first-order valence-corrected chi connectivity index (χ1v) is 8.84. The molecule has 0 aromatic heterocycles. The van der Waals surface area contributed by atoms with Crippen LogP contribution in [0.2, 0.25) is 0 Å². The van der Waals surface area contributed by atoms with Gasteiger partial charge in [-0.1, -0.05) is 31.0 Å². The van der Waals surface area contributed by atoms with E-state index in [0.29, 0.717) is 0 Å². The van der Waals surface area contributed by atoms with Crippen LogP contribution >= 0.6 is 0 Å². The van der Waals surface area contributed by atoms with E-state index in [0.717, 1.165) is 42.7 Å². The molecule has 2 aromatic rings. The lowest BCUT2D eigenvalue weighted by molar-refractivity contribution is -0.117. The van der Waals surface area contributed by atoms with Gasteiger partial charge in [0, 0.05) is 29.3 Å². The van der Waals surface area contributed by atoms with Gasteiger partial charge < -0.3 is 16.0 Å². The average molecular weight is 346 g/mol. The molecule has 1 aliphatic carbocycles. The third kappa shape index (κ3) is 4.87. The highest BCUT2D eigenvalue weighted by Gasteiger charge is 2.19. The van der Waals surface area contributed by atoms with E-state index < -0.39 is 0 Å². The Morgan fingerprint density at radius 1 is 0.962 bits per heavy atom. The second kappa shape index (κ2) is 8.72. The zero-order valence-corrected chi connectivity index (χ0v) is 14.5. The first-order valence-electron chi connectivity index (χ1n) is 8.84. The molecule has 5 heteroatoms. The lowest BCUT2D eigenvalue weighted by atomic mass is 10.2. The average Bonchev–Trinajstić information content (AvgIpc) is 3.17. The molecule has 132 valence electrons. The molecule has 1 aliphatic rings. The fourth-order valence-corrected chi connectivity index (χ4v) is 2.98. The van der Waals surface area contributed by atoms with E-state index in [1.165, 1.54) is 6.20 Å². The van der Waals surface area contributed by atoms with Crippen LogP contribution in [-0.2, 0) is 4.79 Å². The van der Waals surface area contributed by atoms with E-state index in [4.69, 9.17) is 0 Å². The Labute approximate surface area is 153 Å². The molecule has 0 unspecified atom stereocenters. The van der Waals surface area contributed by atoms with E-state index in [1.807, 2.05) is 60.7 Å². The van der Waals surface area contributed by atoms with Crippen LogP contribution in [0, 0.1) is 11.3 Å². The molecule has 1 saturated carbocycles. The highest BCUT2D eigenvalue weighted by molar-refractivity contribution is 5.97. The van der Waals surface area contributed by atoms with E-state index >= 15 is 0 Å². The summed E-state index contributed by atoms with van der Waals surface area (Å²) in [5, 5.41) is 18.5. The SMILES string of the molecule is N#C/C(=C/Nc1ccc(Nc2ccccc2)cc1)C(=O)NC1CCCC1. The summed E-state index contributed by atoms with van der Waals surface area (Å²) in [6, 6.07) is 19.7. The lowest BCUT2D eigenvalue weighted by Crippen LogP contribution is -2.33. The van der Waals surface area contributed by atoms with Gasteiger partial charge in [-0.3, -0.25) is 4.79 Å².